The minimum atomic E-state index is -1.08. The topological polar surface area (TPSA) is 87.7 Å². The van der Waals surface area contributed by atoms with Crippen LogP contribution in [0.15, 0.2) is 22.7 Å². The van der Waals surface area contributed by atoms with E-state index in [1.807, 2.05) is 6.07 Å². The fourth-order valence-corrected chi connectivity index (χ4v) is 2.09. The van der Waals surface area contributed by atoms with Crippen molar-refractivity contribution in [3.63, 3.8) is 0 Å². The largest absolute Gasteiger partial charge is 0.492 e. The number of aliphatic carboxylic acids is 1. The number of benzene rings is 1. The van der Waals surface area contributed by atoms with E-state index in [2.05, 4.69) is 26.6 Å². The number of nitrogens with one attached hydrogen (secondary N) is 2. The Bertz CT molecular complexity index is 513. The van der Waals surface area contributed by atoms with E-state index in [1.54, 1.807) is 12.1 Å². The normalized spacial score (nSPS) is 11.6. The van der Waals surface area contributed by atoms with Crippen molar-refractivity contribution >= 4 is 39.5 Å². The second-order valence-corrected chi connectivity index (χ2v) is 5.56. The standard InChI is InChI=1S/C13H16BrClN2O4/c1-8(12(18)19)17-13(20)16-5-2-6-21-11-4-3-9(14)7-10(11)15/h3-4,7-8H,2,5-6H2,1H3,(H,18,19)(H2,16,17,20). The van der Waals surface area contributed by atoms with Crippen LogP contribution < -0.4 is 15.4 Å². The summed E-state index contributed by atoms with van der Waals surface area (Å²) in [4.78, 5) is 21.9. The van der Waals surface area contributed by atoms with Gasteiger partial charge in [0, 0.05) is 11.0 Å². The molecule has 0 saturated carbocycles. The van der Waals surface area contributed by atoms with Crippen molar-refractivity contribution in [3.05, 3.63) is 27.7 Å². The molecule has 1 atom stereocenters. The number of ether oxygens (including phenoxy) is 1. The van der Waals surface area contributed by atoms with Crippen LogP contribution in [0.1, 0.15) is 13.3 Å². The first-order chi connectivity index (χ1) is 9.90. The molecule has 3 N–H and O–H groups in total. The minimum Gasteiger partial charge on any atom is -0.492 e. The number of carbonyl (C=O) groups is 2. The van der Waals surface area contributed by atoms with Crippen molar-refractivity contribution < 1.29 is 19.4 Å². The zero-order chi connectivity index (χ0) is 15.8. The number of rotatable bonds is 7. The highest BCUT2D eigenvalue weighted by Gasteiger charge is 2.12. The third-order valence-corrected chi connectivity index (χ3v) is 3.26. The SMILES string of the molecule is CC(NC(=O)NCCCOc1ccc(Br)cc1Cl)C(=O)O. The molecule has 21 heavy (non-hydrogen) atoms. The summed E-state index contributed by atoms with van der Waals surface area (Å²) in [7, 11) is 0. The van der Waals surface area contributed by atoms with Crippen LogP contribution in [-0.2, 0) is 4.79 Å². The van der Waals surface area contributed by atoms with Crippen molar-refractivity contribution in [2.45, 2.75) is 19.4 Å². The molecule has 0 heterocycles. The predicted molar refractivity (Wildman–Crippen MR) is 82.9 cm³/mol. The number of carboxylic acids is 1. The maximum absolute atomic E-state index is 11.3. The molecule has 1 unspecified atom stereocenters. The maximum Gasteiger partial charge on any atom is 0.325 e. The molecule has 0 aliphatic carbocycles. The molecule has 0 aliphatic rings. The van der Waals surface area contributed by atoms with Crippen LogP contribution in [0.3, 0.4) is 0 Å². The number of amides is 2. The molecular weight excluding hydrogens is 364 g/mol. The van der Waals surface area contributed by atoms with Gasteiger partial charge in [-0.2, -0.15) is 0 Å². The van der Waals surface area contributed by atoms with Crippen molar-refractivity contribution in [1.29, 1.82) is 0 Å². The second-order valence-electron chi connectivity index (χ2n) is 4.24. The van der Waals surface area contributed by atoms with Gasteiger partial charge in [0.15, 0.2) is 0 Å². The van der Waals surface area contributed by atoms with Gasteiger partial charge in [0.05, 0.1) is 11.6 Å². The summed E-state index contributed by atoms with van der Waals surface area (Å²) in [6.45, 7) is 2.14. The molecule has 0 spiro atoms. The number of urea groups is 1. The molecule has 0 bridgehead atoms. The van der Waals surface area contributed by atoms with E-state index in [-0.39, 0.29) is 0 Å². The fraction of sp³-hybridized carbons (Fsp3) is 0.385. The third-order valence-electron chi connectivity index (χ3n) is 2.48. The highest BCUT2D eigenvalue weighted by Crippen LogP contribution is 2.27. The van der Waals surface area contributed by atoms with E-state index in [9.17, 15) is 9.59 Å². The first-order valence-corrected chi connectivity index (χ1v) is 7.42. The number of carboxylic acid groups (broad SMARTS) is 1. The average molecular weight is 380 g/mol. The summed E-state index contributed by atoms with van der Waals surface area (Å²) < 4.78 is 6.34. The Morgan fingerprint density at radius 3 is 2.81 bits per heavy atom. The van der Waals surface area contributed by atoms with Crippen LogP contribution in [0.5, 0.6) is 5.75 Å². The molecule has 1 aromatic rings. The van der Waals surface area contributed by atoms with E-state index in [0.717, 1.165) is 4.47 Å². The zero-order valence-corrected chi connectivity index (χ0v) is 13.7. The van der Waals surface area contributed by atoms with Gasteiger partial charge in [0.1, 0.15) is 11.8 Å². The van der Waals surface area contributed by atoms with Gasteiger partial charge in [-0.15, -0.1) is 0 Å². The van der Waals surface area contributed by atoms with Crippen molar-refractivity contribution in [3.8, 4) is 5.75 Å². The van der Waals surface area contributed by atoms with Crippen LogP contribution in [0.25, 0.3) is 0 Å². The van der Waals surface area contributed by atoms with Gasteiger partial charge in [-0.3, -0.25) is 4.79 Å². The number of hydrogen-bond acceptors (Lipinski definition) is 3. The molecule has 0 aliphatic heterocycles. The molecule has 0 aromatic heterocycles. The molecule has 8 heteroatoms. The zero-order valence-electron chi connectivity index (χ0n) is 11.4. The first kappa shape index (κ1) is 17.6. The van der Waals surface area contributed by atoms with Gasteiger partial charge >= 0.3 is 12.0 Å². The summed E-state index contributed by atoms with van der Waals surface area (Å²) in [5, 5.41) is 14.0. The van der Waals surface area contributed by atoms with E-state index >= 15 is 0 Å². The lowest BCUT2D eigenvalue weighted by Crippen LogP contribution is -2.44. The van der Waals surface area contributed by atoms with Crippen LogP contribution in [-0.4, -0.2) is 36.3 Å². The average Bonchev–Trinajstić information content (AvgIpc) is 2.40. The van der Waals surface area contributed by atoms with Gasteiger partial charge in [-0.1, -0.05) is 27.5 Å². The second kappa shape index (κ2) is 8.74. The number of hydrogen-bond donors (Lipinski definition) is 3. The minimum absolute atomic E-state index is 0.367. The fourth-order valence-electron chi connectivity index (χ4n) is 1.36. The third kappa shape index (κ3) is 6.68. The van der Waals surface area contributed by atoms with E-state index in [0.29, 0.717) is 30.3 Å². The summed E-state index contributed by atoms with van der Waals surface area (Å²) in [5.41, 5.74) is 0. The van der Waals surface area contributed by atoms with Gasteiger partial charge in [-0.25, -0.2) is 4.79 Å². The van der Waals surface area contributed by atoms with Gasteiger partial charge in [0.25, 0.3) is 0 Å². The molecule has 6 nitrogen and oxygen atoms in total. The molecular formula is C13H16BrClN2O4. The van der Waals surface area contributed by atoms with E-state index in [1.165, 1.54) is 6.92 Å². The van der Waals surface area contributed by atoms with Crippen molar-refractivity contribution in [1.82, 2.24) is 10.6 Å². The monoisotopic (exact) mass is 378 g/mol. The van der Waals surface area contributed by atoms with Gasteiger partial charge < -0.3 is 20.5 Å². The highest BCUT2D eigenvalue weighted by atomic mass is 79.9. The smallest absolute Gasteiger partial charge is 0.325 e. The first-order valence-electron chi connectivity index (χ1n) is 6.25. The number of carbonyl (C=O) groups excluding carboxylic acids is 1. The van der Waals surface area contributed by atoms with Crippen molar-refractivity contribution in [2.24, 2.45) is 0 Å². The summed E-state index contributed by atoms with van der Waals surface area (Å²) in [5.74, 6) is -0.512. The Kier molecular flexibility index (Phi) is 7.31. The Labute approximate surface area is 135 Å². The molecule has 1 aromatic carbocycles. The lowest BCUT2D eigenvalue weighted by Gasteiger charge is -2.11. The molecule has 1 rings (SSSR count). The number of halogens is 2. The quantitative estimate of drug-likeness (QED) is 0.636. The molecule has 0 radical (unpaired) electrons. The molecule has 0 fully saturated rings. The Balaban J connectivity index is 2.20. The molecule has 0 saturated heterocycles. The Morgan fingerprint density at radius 2 is 2.19 bits per heavy atom. The predicted octanol–water partition coefficient (Wildman–Crippen LogP) is 2.64. The maximum atomic E-state index is 11.3. The van der Waals surface area contributed by atoms with Crippen LogP contribution in [0.2, 0.25) is 5.02 Å². The van der Waals surface area contributed by atoms with Crippen LogP contribution in [0.4, 0.5) is 4.79 Å². The Hall–Kier alpha value is -1.47. The lowest BCUT2D eigenvalue weighted by molar-refractivity contribution is -0.138. The molecule has 116 valence electrons. The van der Waals surface area contributed by atoms with Gasteiger partial charge in [0.2, 0.25) is 0 Å². The molecule has 2 amide bonds. The van der Waals surface area contributed by atoms with Crippen LogP contribution >= 0.6 is 27.5 Å². The van der Waals surface area contributed by atoms with E-state index < -0.39 is 18.0 Å². The van der Waals surface area contributed by atoms with Gasteiger partial charge in [-0.05, 0) is 31.5 Å². The van der Waals surface area contributed by atoms with E-state index in [4.69, 9.17) is 21.4 Å². The summed E-state index contributed by atoms with van der Waals surface area (Å²) in [6, 6.07) is 3.85. The summed E-state index contributed by atoms with van der Waals surface area (Å²) in [6.07, 6.45) is 0.571. The summed E-state index contributed by atoms with van der Waals surface area (Å²) >= 11 is 9.29. The van der Waals surface area contributed by atoms with Crippen molar-refractivity contribution in [2.75, 3.05) is 13.2 Å². The lowest BCUT2D eigenvalue weighted by atomic mass is 10.3. The highest BCUT2D eigenvalue weighted by molar-refractivity contribution is 9.10. The van der Waals surface area contributed by atoms with Crippen LogP contribution in [0, 0.1) is 0 Å². The Morgan fingerprint density at radius 1 is 1.48 bits per heavy atom.